The number of allylic oxidation sites excluding steroid dienone is 1. The molecule has 7 heteroatoms. The summed E-state index contributed by atoms with van der Waals surface area (Å²) in [6, 6.07) is 28.6. The number of aliphatic carboxylic acids is 1. The number of para-hydroxylation sites is 2. The van der Waals surface area contributed by atoms with Gasteiger partial charge in [-0.05, 0) is 90.2 Å². The van der Waals surface area contributed by atoms with E-state index in [-0.39, 0.29) is 24.1 Å². The van der Waals surface area contributed by atoms with Crippen LogP contribution in [0.4, 0.5) is 14.5 Å². The fourth-order valence-corrected chi connectivity index (χ4v) is 5.01. The molecule has 5 aromatic rings. The van der Waals surface area contributed by atoms with Gasteiger partial charge in [0.15, 0.2) is 0 Å². The van der Waals surface area contributed by atoms with Gasteiger partial charge in [-0.15, -0.1) is 0 Å². The Hall–Kier alpha value is -4.91. The van der Waals surface area contributed by atoms with Gasteiger partial charge in [-0.25, -0.2) is 8.78 Å². The second kappa shape index (κ2) is 13.2. The third kappa shape index (κ3) is 6.86. The zero-order valence-electron chi connectivity index (χ0n) is 23.3. The van der Waals surface area contributed by atoms with Crippen molar-refractivity contribution >= 4 is 28.1 Å². The van der Waals surface area contributed by atoms with Crippen LogP contribution in [0.15, 0.2) is 109 Å². The summed E-state index contributed by atoms with van der Waals surface area (Å²) < 4.78 is 35.4. The summed E-state index contributed by atoms with van der Waals surface area (Å²) in [7, 11) is 0. The number of halogens is 2. The number of anilines is 1. The zero-order valence-corrected chi connectivity index (χ0v) is 23.3. The maximum Gasteiger partial charge on any atom is 0.303 e. The molecule has 0 unspecified atom stereocenters. The number of aromatic nitrogens is 1. The Morgan fingerprint density at radius 1 is 0.929 bits per heavy atom. The largest absolute Gasteiger partial charge is 0.491 e. The van der Waals surface area contributed by atoms with Crippen LogP contribution in [-0.4, -0.2) is 28.8 Å². The van der Waals surface area contributed by atoms with Crippen LogP contribution < -0.4 is 10.1 Å². The Kier molecular flexibility index (Phi) is 8.97. The fourth-order valence-electron chi connectivity index (χ4n) is 5.01. The minimum Gasteiger partial charge on any atom is -0.491 e. The van der Waals surface area contributed by atoms with Crippen LogP contribution in [0.1, 0.15) is 42.5 Å². The molecule has 0 radical (unpaired) electrons. The second-order valence-corrected chi connectivity index (χ2v) is 10.1. The zero-order chi connectivity index (χ0) is 29.5. The standard InChI is InChI=1S/C35H32F2N2O3/c1-24(18-20-38-31-5-2-3-6-33(31)42-22-4-7-34(40)41)27-12-17-32-28(23-27)19-21-39(32)35(25-8-13-29(36)14-9-25)26-10-15-30(37)16-11-26/h2-3,5-6,8-19,21,23,35,38H,4,7,20,22H2,1H3,(H,40,41)/b24-18+. The molecule has 214 valence electrons. The molecule has 0 aliphatic rings. The van der Waals surface area contributed by atoms with Crippen molar-refractivity contribution in [1.82, 2.24) is 4.57 Å². The summed E-state index contributed by atoms with van der Waals surface area (Å²) in [6.45, 7) is 2.98. The van der Waals surface area contributed by atoms with E-state index in [0.29, 0.717) is 25.3 Å². The Labute approximate surface area is 243 Å². The van der Waals surface area contributed by atoms with Gasteiger partial charge >= 0.3 is 5.97 Å². The van der Waals surface area contributed by atoms with E-state index in [1.165, 1.54) is 24.3 Å². The summed E-state index contributed by atoms with van der Waals surface area (Å²) in [4.78, 5) is 10.7. The van der Waals surface area contributed by atoms with E-state index >= 15 is 0 Å². The molecule has 0 saturated carbocycles. The van der Waals surface area contributed by atoms with Gasteiger partial charge < -0.3 is 19.7 Å². The molecule has 0 fully saturated rings. The van der Waals surface area contributed by atoms with Gasteiger partial charge in [0.25, 0.3) is 0 Å². The smallest absolute Gasteiger partial charge is 0.303 e. The van der Waals surface area contributed by atoms with Crippen molar-refractivity contribution in [3.8, 4) is 5.75 Å². The van der Waals surface area contributed by atoms with Crippen molar-refractivity contribution in [2.45, 2.75) is 25.8 Å². The number of benzene rings is 4. The monoisotopic (exact) mass is 566 g/mol. The lowest BCUT2D eigenvalue weighted by Crippen LogP contribution is -2.11. The van der Waals surface area contributed by atoms with Crippen molar-refractivity contribution in [3.05, 3.63) is 138 Å². The average Bonchev–Trinajstić information content (AvgIpc) is 3.41. The first-order chi connectivity index (χ1) is 20.4. The van der Waals surface area contributed by atoms with E-state index in [2.05, 4.69) is 47.1 Å². The minimum absolute atomic E-state index is 0.0738. The third-order valence-corrected chi connectivity index (χ3v) is 7.21. The van der Waals surface area contributed by atoms with Gasteiger partial charge in [-0.3, -0.25) is 4.79 Å². The third-order valence-electron chi connectivity index (χ3n) is 7.21. The van der Waals surface area contributed by atoms with E-state index in [1.54, 1.807) is 24.3 Å². The Morgan fingerprint density at radius 3 is 2.26 bits per heavy atom. The maximum absolute atomic E-state index is 13.7. The maximum atomic E-state index is 13.7. The number of carboxylic acids is 1. The molecule has 2 N–H and O–H groups in total. The summed E-state index contributed by atoms with van der Waals surface area (Å²) >= 11 is 0. The lowest BCUT2D eigenvalue weighted by atomic mass is 9.98. The first-order valence-corrected chi connectivity index (χ1v) is 13.9. The highest BCUT2D eigenvalue weighted by atomic mass is 19.1. The molecule has 1 heterocycles. The van der Waals surface area contributed by atoms with Crippen molar-refractivity contribution < 1.29 is 23.4 Å². The van der Waals surface area contributed by atoms with Crippen LogP contribution in [0.5, 0.6) is 5.75 Å². The number of hydrogen-bond acceptors (Lipinski definition) is 3. The summed E-state index contributed by atoms with van der Waals surface area (Å²) in [6.07, 6.45) is 4.64. The summed E-state index contributed by atoms with van der Waals surface area (Å²) in [5.41, 5.74) is 5.84. The molecule has 0 bridgehead atoms. The van der Waals surface area contributed by atoms with Gasteiger partial charge in [0.05, 0.1) is 18.3 Å². The Bertz CT molecular complexity index is 1650. The number of rotatable bonds is 12. The van der Waals surface area contributed by atoms with Crippen molar-refractivity contribution in [1.29, 1.82) is 0 Å². The fraction of sp³-hybridized carbons (Fsp3) is 0.171. The molecule has 5 rings (SSSR count). The number of nitrogens with one attached hydrogen (secondary N) is 1. The highest BCUT2D eigenvalue weighted by molar-refractivity contribution is 5.85. The predicted octanol–water partition coefficient (Wildman–Crippen LogP) is 8.32. The Morgan fingerprint density at radius 2 is 1.60 bits per heavy atom. The van der Waals surface area contributed by atoms with Crippen LogP contribution >= 0.6 is 0 Å². The highest BCUT2D eigenvalue weighted by Gasteiger charge is 2.19. The molecule has 0 amide bonds. The number of carboxylic acid groups (broad SMARTS) is 1. The molecule has 42 heavy (non-hydrogen) atoms. The van der Waals surface area contributed by atoms with E-state index < -0.39 is 5.97 Å². The summed E-state index contributed by atoms with van der Waals surface area (Å²) in [5, 5.41) is 13.3. The molecule has 1 aromatic heterocycles. The van der Waals surface area contributed by atoms with E-state index in [4.69, 9.17) is 9.84 Å². The average molecular weight is 567 g/mol. The molecule has 0 aliphatic heterocycles. The van der Waals surface area contributed by atoms with E-state index in [0.717, 1.165) is 38.9 Å². The Balaban J connectivity index is 1.34. The van der Waals surface area contributed by atoms with Gasteiger partial charge in [0.1, 0.15) is 17.4 Å². The quantitative estimate of drug-likeness (QED) is 0.149. The molecular formula is C35H32F2N2O3. The van der Waals surface area contributed by atoms with Crippen LogP contribution in [0.2, 0.25) is 0 Å². The molecule has 0 atom stereocenters. The normalized spacial score (nSPS) is 11.7. The molecular weight excluding hydrogens is 534 g/mol. The molecule has 0 spiro atoms. The number of hydrogen-bond donors (Lipinski definition) is 2. The predicted molar refractivity (Wildman–Crippen MR) is 163 cm³/mol. The first kappa shape index (κ1) is 28.6. The van der Waals surface area contributed by atoms with Crippen LogP contribution in [0.3, 0.4) is 0 Å². The van der Waals surface area contributed by atoms with E-state index in [9.17, 15) is 13.6 Å². The van der Waals surface area contributed by atoms with Gasteiger partial charge in [0, 0.05) is 30.1 Å². The van der Waals surface area contributed by atoms with Gasteiger partial charge in [0.2, 0.25) is 0 Å². The number of fused-ring (bicyclic) bond motifs is 1. The first-order valence-electron chi connectivity index (χ1n) is 13.9. The number of carbonyl (C=O) groups is 1. The van der Waals surface area contributed by atoms with Crippen molar-refractivity contribution in [3.63, 3.8) is 0 Å². The van der Waals surface area contributed by atoms with Crippen LogP contribution in [0.25, 0.3) is 16.5 Å². The number of ether oxygens (including phenoxy) is 1. The molecule has 0 aliphatic carbocycles. The minimum atomic E-state index is -0.832. The van der Waals surface area contributed by atoms with E-state index in [1.807, 2.05) is 30.5 Å². The van der Waals surface area contributed by atoms with Crippen molar-refractivity contribution in [2.24, 2.45) is 0 Å². The van der Waals surface area contributed by atoms with Crippen LogP contribution in [0, 0.1) is 11.6 Å². The van der Waals surface area contributed by atoms with Crippen molar-refractivity contribution in [2.75, 3.05) is 18.5 Å². The highest BCUT2D eigenvalue weighted by Crippen LogP contribution is 2.32. The topological polar surface area (TPSA) is 63.5 Å². The SMILES string of the molecule is C/C(=C\CNc1ccccc1OCCCC(=O)O)c1ccc2c(ccn2C(c2ccc(F)cc2)c2ccc(F)cc2)c1. The van der Waals surface area contributed by atoms with Gasteiger partial charge in [-0.2, -0.15) is 0 Å². The van der Waals surface area contributed by atoms with Gasteiger partial charge in [-0.1, -0.05) is 48.5 Å². The summed E-state index contributed by atoms with van der Waals surface area (Å²) in [5.74, 6) is -0.751. The number of nitrogens with zero attached hydrogens (tertiary/aromatic N) is 1. The lowest BCUT2D eigenvalue weighted by Gasteiger charge is -2.22. The molecule has 0 saturated heterocycles. The second-order valence-electron chi connectivity index (χ2n) is 10.1. The van der Waals surface area contributed by atoms with Crippen LogP contribution in [-0.2, 0) is 4.79 Å². The molecule has 5 nitrogen and oxygen atoms in total. The lowest BCUT2D eigenvalue weighted by molar-refractivity contribution is -0.137. The molecule has 4 aromatic carbocycles.